The lowest BCUT2D eigenvalue weighted by atomic mass is 10.0. The number of nitrogens with zero attached hydrogens (tertiary/aromatic N) is 1. The first kappa shape index (κ1) is 15.3. The summed E-state index contributed by atoms with van der Waals surface area (Å²) in [6.45, 7) is -0.603. The largest absolute Gasteiger partial charge is 0.465 e. The van der Waals surface area contributed by atoms with E-state index < -0.39 is 47.6 Å². The second-order valence-corrected chi connectivity index (χ2v) is 3.41. The standard InChI is InChI=1S/C10H9F5N2O2/c1-19-9(18)7-4(10(13,14)15)2-5(8(11)12)17-6(7)3-16/h2,8H,3,16H2,1H3. The van der Waals surface area contributed by atoms with Crippen molar-refractivity contribution in [3.63, 3.8) is 0 Å². The molecular weight excluding hydrogens is 275 g/mol. The Labute approximate surface area is 104 Å². The average Bonchev–Trinajstić information content (AvgIpc) is 2.34. The molecule has 19 heavy (non-hydrogen) atoms. The van der Waals surface area contributed by atoms with Crippen molar-refractivity contribution in [2.24, 2.45) is 5.73 Å². The van der Waals surface area contributed by atoms with Gasteiger partial charge in [-0.05, 0) is 6.07 Å². The number of halogens is 5. The highest BCUT2D eigenvalue weighted by Crippen LogP contribution is 2.35. The summed E-state index contributed by atoms with van der Waals surface area (Å²) < 4.78 is 67.5. The highest BCUT2D eigenvalue weighted by Gasteiger charge is 2.38. The van der Waals surface area contributed by atoms with Gasteiger partial charge < -0.3 is 10.5 Å². The number of rotatable bonds is 3. The zero-order valence-corrected chi connectivity index (χ0v) is 9.59. The Kier molecular flexibility index (Phi) is 4.40. The fourth-order valence-electron chi connectivity index (χ4n) is 1.43. The Morgan fingerprint density at radius 2 is 2.05 bits per heavy atom. The van der Waals surface area contributed by atoms with Crippen LogP contribution in [0.2, 0.25) is 0 Å². The van der Waals surface area contributed by atoms with Crippen LogP contribution in [0.3, 0.4) is 0 Å². The number of aromatic nitrogens is 1. The number of carbonyl (C=O) groups excluding carboxylic acids is 1. The topological polar surface area (TPSA) is 65.2 Å². The van der Waals surface area contributed by atoms with Gasteiger partial charge in [0.1, 0.15) is 5.69 Å². The minimum atomic E-state index is -5.00. The Hall–Kier alpha value is -1.77. The molecule has 0 aliphatic carbocycles. The van der Waals surface area contributed by atoms with Crippen molar-refractivity contribution in [1.29, 1.82) is 0 Å². The zero-order valence-electron chi connectivity index (χ0n) is 9.59. The van der Waals surface area contributed by atoms with Crippen LogP contribution in [-0.2, 0) is 17.5 Å². The SMILES string of the molecule is COC(=O)c1c(C(F)(F)F)cc(C(F)F)nc1CN. The van der Waals surface area contributed by atoms with E-state index in [-0.39, 0.29) is 6.07 Å². The molecular formula is C10H9F5N2O2. The van der Waals surface area contributed by atoms with E-state index in [1.165, 1.54) is 0 Å². The molecule has 0 spiro atoms. The van der Waals surface area contributed by atoms with Crippen molar-refractivity contribution < 1.29 is 31.5 Å². The quantitative estimate of drug-likeness (QED) is 0.683. The summed E-state index contributed by atoms with van der Waals surface area (Å²) in [6.07, 6.45) is -8.21. The first-order valence-corrected chi connectivity index (χ1v) is 4.89. The summed E-state index contributed by atoms with van der Waals surface area (Å²) >= 11 is 0. The Morgan fingerprint density at radius 1 is 1.47 bits per heavy atom. The second kappa shape index (κ2) is 5.47. The van der Waals surface area contributed by atoms with Gasteiger partial charge in [-0.15, -0.1) is 0 Å². The monoisotopic (exact) mass is 284 g/mol. The highest BCUT2D eigenvalue weighted by atomic mass is 19.4. The molecule has 1 aromatic rings. The van der Waals surface area contributed by atoms with E-state index in [1.54, 1.807) is 0 Å². The molecule has 0 bridgehead atoms. The predicted molar refractivity (Wildman–Crippen MR) is 53.4 cm³/mol. The molecule has 0 aromatic carbocycles. The molecule has 0 radical (unpaired) electrons. The summed E-state index contributed by atoms with van der Waals surface area (Å²) in [7, 11) is 0.865. The van der Waals surface area contributed by atoms with Crippen molar-refractivity contribution in [1.82, 2.24) is 4.98 Å². The van der Waals surface area contributed by atoms with Crippen molar-refractivity contribution in [3.05, 3.63) is 28.6 Å². The molecule has 0 aliphatic heterocycles. The molecule has 1 heterocycles. The summed E-state index contributed by atoms with van der Waals surface area (Å²) in [5.41, 5.74) is 0.979. The molecule has 0 saturated heterocycles. The fraction of sp³-hybridized carbons (Fsp3) is 0.400. The number of alkyl halides is 5. The Morgan fingerprint density at radius 3 is 2.42 bits per heavy atom. The van der Waals surface area contributed by atoms with E-state index in [2.05, 4.69) is 9.72 Å². The maximum Gasteiger partial charge on any atom is 0.417 e. The number of nitrogens with two attached hydrogens (primary N) is 1. The molecule has 2 N–H and O–H groups in total. The maximum atomic E-state index is 12.8. The molecule has 106 valence electrons. The number of esters is 1. The van der Waals surface area contributed by atoms with Gasteiger partial charge in [-0.25, -0.2) is 18.6 Å². The van der Waals surface area contributed by atoms with E-state index in [4.69, 9.17) is 5.73 Å². The molecule has 9 heteroatoms. The highest BCUT2D eigenvalue weighted by molar-refractivity contribution is 5.92. The predicted octanol–water partition coefficient (Wildman–Crippen LogP) is 2.28. The van der Waals surface area contributed by atoms with Crippen LogP contribution in [-0.4, -0.2) is 18.1 Å². The van der Waals surface area contributed by atoms with Gasteiger partial charge in [0.05, 0.1) is 23.9 Å². The third kappa shape index (κ3) is 3.16. The molecule has 0 unspecified atom stereocenters. The third-order valence-corrected chi connectivity index (χ3v) is 2.23. The van der Waals surface area contributed by atoms with Crippen molar-refractivity contribution in [2.45, 2.75) is 19.1 Å². The molecule has 0 atom stereocenters. The second-order valence-electron chi connectivity index (χ2n) is 3.41. The van der Waals surface area contributed by atoms with Gasteiger partial charge in [-0.2, -0.15) is 13.2 Å². The fourth-order valence-corrected chi connectivity index (χ4v) is 1.43. The van der Waals surface area contributed by atoms with E-state index >= 15 is 0 Å². The van der Waals surface area contributed by atoms with Crippen LogP contribution in [0.1, 0.15) is 33.7 Å². The summed E-state index contributed by atoms with van der Waals surface area (Å²) in [5, 5.41) is 0. The van der Waals surface area contributed by atoms with Crippen molar-refractivity contribution in [3.8, 4) is 0 Å². The van der Waals surface area contributed by atoms with Crippen LogP contribution in [0.15, 0.2) is 6.07 Å². The lowest BCUT2D eigenvalue weighted by Crippen LogP contribution is -2.20. The number of ether oxygens (including phenoxy) is 1. The summed E-state index contributed by atoms with van der Waals surface area (Å²) in [4.78, 5) is 14.6. The number of carbonyl (C=O) groups is 1. The molecule has 1 rings (SSSR count). The van der Waals surface area contributed by atoms with Crippen LogP contribution < -0.4 is 5.73 Å². The summed E-state index contributed by atoms with van der Waals surface area (Å²) in [6, 6.07) is 0.121. The van der Waals surface area contributed by atoms with E-state index in [9.17, 15) is 26.7 Å². The van der Waals surface area contributed by atoms with E-state index in [1.807, 2.05) is 0 Å². The van der Waals surface area contributed by atoms with E-state index in [0.717, 1.165) is 7.11 Å². The summed E-state index contributed by atoms with van der Waals surface area (Å²) in [5.74, 6) is -1.33. The number of hydrogen-bond acceptors (Lipinski definition) is 4. The lowest BCUT2D eigenvalue weighted by Gasteiger charge is -2.15. The van der Waals surface area contributed by atoms with Crippen LogP contribution in [0.25, 0.3) is 0 Å². The van der Waals surface area contributed by atoms with Gasteiger partial charge in [0.2, 0.25) is 0 Å². The van der Waals surface area contributed by atoms with Crippen LogP contribution in [0.5, 0.6) is 0 Å². The molecule has 0 fully saturated rings. The molecule has 0 aliphatic rings. The molecule has 0 saturated carbocycles. The average molecular weight is 284 g/mol. The van der Waals surface area contributed by atoms with Crippen LogP contribution in [0, 0.1) is 0 Å². The van der Waals surface area contributed by atoms with Crippen LogP contribution in [0.4, 0.5) is 22.0 Å². The zero-order chi connectivity index (χ0) is 14.8. The van der Waals surface area contributed by atoms with Gasteiger partial charge in [0.25, 0.3) is 6.43 Å². The first-order chi connectivity index (χ1) is 8.72. The lowest BCUT2D eigenvalue weighted by molar-refractivity contribution is -0.138. The molecule has 0 amide bonds. The number of methoxy groups -OCH3 is 1. The van der Waals surface area contributed by atoms with Gasteiger partial charge >= 0.3 is 12.1 Å². The molecule has 4 nitrogen and oxygen atoms in total. The first-order valence-electron chi connectivity index (χ1n) is 4.89. The minimum absolute atomic E-state index is 0.121. The van der Waals surface area contributed by atoms with E-state index in [0.29, 0.717) is 0 Å². The molecule has 1 aromatic heterocycles. The third-order valence-electron chi connectivity index (χ3n) is 2.23. The van der Waals surface area contributed by atoms with Crippen LogP contribution >= 0.6 is 0 Å². The number of pyridine rings is 1. The van der Waals surface area contributed by atoms with Gasteiger partial charge in [-0.1, -0.05) is 0 Å². The van der Waals surface area contributed by atoms with Gasteiger partial charge in [-0.3, -0.25) is 0 Å². The smallest absolute Gasteiger partial charge is 0.417 e. The van der Waals surface area contributed by atoms with Gasteiger partial charge in [0.15, 0.2) is 0 Å². The van der Waals surface area contributed by atoms with Gasteiger partial charge in [0, 0.05) is 6.54 Å². The minimum Gasteiger partial charge on any atom is -0.465 e. The normalized spacial score (nSPS) is 11.8. The Bertz CT molecular complexity index is 488. The maximum absolute atomic E-state index is 12.8. The number of hydrogen-bond donors (Lipinski definition) is 1. The van der Waals surface area contributed by atoms with Crippen molar-refractivity contribution in [2.75, 3.05) is 7.11 Å². The van der Waals surface area contributed by atoms with Crippen molar-refractivity contribution >= 4 is 5.97 Å². The Balaban J connectivity index is 3.62.